The van der Waals surface area contributed by atoms with Crippen LogP contribution >= 0.6 is 48.8 Å². The molecule has 41 nitrogen and oxygen atoms in total. The summed E-state index contributed by atoms with van der Waals surface area (Å²) >= 11 is 11.1. The van der Waals surface area contributed by atoms with Crippen molar-refractivity contribution in [2.75, 3.05) is 61.7 Å². The highest BCUT2D eigenvalue weighted by atomic mass is 32.2. The molecule has 45 heteroatoms. The Bertz CT molecular complexity index is 3770. The van der Waals surface area contributed by atoms with Crippen LogP contribution in [0.2, 0.25) is 0 Å². The van der Waals surface area contributed by atoms with Gasteiger partial charge in [-0.1, -0.05) is 149 Å². The largest absolute Gasteiger partial charge is 0.480 e. The molecule has 0 bridgehead atoms. The zero-order valence-electron chi connectivity index (χ0n) is 83.0. The number of thioether (sulfide) groups is 2. The van der Waals surface area contributed by atoms with E-state index in [0.717, 1.165) is 32.1 Å². The number of carboxylic acid groups (broad SMARTS) is 1. The van der Waals surface area contributed by atoms with Gasteiger partial charge in [0.15, 0.2) is 0 Å². The Morgan fingerprint density at radius 3 is 0.941 bits per heavy atom. The van der Waals surface area contributed by atoms with Crippen LogP contribution in [0.15, 0.2) is 0 Å². The topological polar surface area (TPSA) is 628 Å². The molecule has 0 aliphatic carbocycles. The van der Waals surface area contributed by atoms with E-state index in [9.17, 15) is 106 Å². The zero-order chi connectivity index (χ0) is 103. The van der Waals surface area contributed by atoms with Crippen molar-refractivity contribution < 1.29 is 106 Å². The van der Waals surface area contributed by atoms with Gasteiger partial charge in [0.2, 0.25) is 106 Å². The van der Waals surface area contributed by atoms with Gasteiger partial charge in [-0.3, -0.25) is 86.3 Å². The second-order valence-electron chi connectivity index (χ2n) is 37.6. The first-order valence-electron chi connectivity index (χ1n) is 47.0. The lowest BCUT2D eigenvalue weighted by molar-refractivity contribution is -0.143. The van der Waals surface area contributed by atoms with Crippen molar-refractivity contribution in [1.82, 2.24) is 95.7 Å². The van der Waals surface area contributed by atoms with Gasteiger partial charge in [0.1, 0.15) is 84.6 Å². The number of aliphatic hydroxyl groups excluding tert-OH is 2. The molecule has 0 radical (unpaired) electrons. The molecule has 0 heterocycles. The van der Waals surface area contributed by atoms with Gasteiger partial charge in [0.05, 0.1) is 37.9 Å². The summed E-state index contributed by atoms with van der Waals surface area (Å²) in [7, 11) is 0. The van der Waals surface area contributed by atoms with Gasteiger partial charge >= 0.3 is 5.97 Å². The fraction of sp³-hybridized carbons (Fsp3) is 0.789. The van der Waals surface area contributed by atoms with E-state index in [1.54, 1.807) is 95.6 Å². The minimum Gasteiger partial charge on any atom is -0.480 e. The van der Waals surface area contributed by atoms with Crippen molar-refractivity contribution >= 4 is 161 Å². The Morgan fingerprint density at radius 1 is 0.281 bits per heavy atom. The number of nitrogens with two attached hydrogens (primary N) is 1. The number of hydrogen-bond acceptors (Lipinski definition) is 26. The molecular weight excluding hydrogens is 1830 g/mol. The molecular formula is C90H163N19O22S4. The smallest absolute Gasteiger partial charge is 0.326 e. The highest BCUT2D eigenvalue weighted by molar-refractivity contribution is 7.98. The van der Waals surface area contributed by atoms with E-state index in [-0.39, 0.29) is 105 Å². The van der Waals surface area contributed by atoms with Gasteiger partial charge in [-0.15, -0.1) is 0 Å². The average Bonchev–Trinajstić information content (AvgIpc) is 0.852. The Labute approximate surface area is 816 Å². The third kappa shape index (κ3) is 53.7. The summed E-state index contributed by atoms with van der Waals surface area (Å²) < 4.78 is 0. The summed E-state index contributed by atoms with van der Waals surface area (Å²) in [5.74, 6) is -15.7. The van der Waals surface area contributed by atoms with Crippen molar-refractivity contribution in [2.45, 2.75) is 344 Å². The van der Waals surface area contributed by atoms with Gasteiger partial charge in [0.25, 0.3) is 0 Å². The standard InChI is InChI=1S/C90H163N19O22S4/c1-47(2)36-61(102-77(117)58(91)45-132)78(118)95-42-69(113)93-43-70(114)97-62(37-48(3)4)82(122)103-65(40-51(9)10)84(124)108-74(56(18)110)88(128)100-59(31-34-134-20)79(119)106-72(53(13)14)87(127)92-33-29-27-25-23-22-24-26-28-30-68(112)99-67(46-133)86(126)105-64(39-50(7)8)81(121)96-55(17)76(116)94-44-71(115)98-63(38-49(5)6)83(123)104-66(41-52(11)12)85(125)109-75(57(19)111)89(129)101-60(32-35-135-21)80(120)107-73(54(15)16)90(130)131/h47-67,72-75,110-111,132-133H,22-46,91H2,1-21H3,(H,92,127)(H,93,113)(H,94,116)(H,95,118)(H,96,121)(H,97,114)(H,98,115)(H,99,112)(H,100,128)(H,101,129)(H,102,117)(H,103,122)(H,104,123)(H,105,126)(H,106,119)(H,107,120)(H,108,124)(H,109,125)(H,130,131)/t55-,56+,57+,58-,59-,60-,61-,62-,63-,64-,65-,66-,67-,72-,73-,74-,75-/m0/s1. The number of aliphatic hydroxyl groups is 2. The third-order valence-corrected chi connectivity index (χ3v) is 23.3. The Kier molecular flexibility index (Phi) is 63.8. The molecule has 0 aliphatic heterocycles. The van der Waals surface area contributed by atoms with E-state index in [0.29, 0.717) is 37.3 Å². The van der Waals surface area contributed by atoms with Gasteiger partial charge in [-0.05, 0) is 156 Å². The van der Waals surface area contributed by atoms with Crippen molar-refractivity contribution in [3.63, 3.8) is 0 Å². The van der Waals surface area contributed by atoms with Crippen LogP contribution in [0.3, 0.4) is 0 Å². The first kappa shape index (κ1) is 126. The van der Waals surface area contributed by atoms with Gasteiger partial charge in [-0.25, -0.2) is 4.79 Å². The van der Waals surface area contributed by atoms with E-state index in [4.69, 9.17) is 5.73 Å². The summed E-state index contributed by atoms with van der Waals surface area (Å²) in [5.41, 5.74) is 5.76. The van der Waals surface area contributed by atoms with Crippen molar-refractivity contribution in [3.05, 3.63) is 0 Å². The SMILES string of the molecule is CSCC[C@H](NC(=O)[C@@H](NC(=O)[C@H](CC(C)C)NC(=O)[C@H](CC(C)C)NC(=O)CNC(=O)[C@H](C)NC(=O)[C@H](CC(C)C)NC(=O)[C@H](CS)NC(=O)CCCCCCCCCCNC(=O)[C@@H](NC(=O)[C@H](CCSC)NC(=O)[C@@H](NC(=O)[C@H](CC(C)C)NC(=O)[C@H](CC(C)C)NC(=O)CNC(=O)CNC(=O)[C@H](CC(C)C)NC(=O)[C@@H](N)CS)[C@@H](C)O)C(C)C)[C@@H](C)O)C(=O)N[C@H](C(=O)O)C(C)C. The van der Waals surface area contributed by atoms with E-state index in [1.165, 1.54) is 44.3 Å². The molecule has 0 rings (SSSR count). The molecule has 0 aromatic rings. The van der Waals surface area contributed by atoms with Crippen molar-refractivity contribution in [1.29, 1.82) is 0 Å². The van der Waals surface area contributed by atoms with E-state index in [2.05, 4.69) is 121 Å². The van der Waals surface area contributed by atoms with Crippen LogP contribution in [0.25, 0.3) is 0 Å². The molecule has 135 heavy (non-hydrogen) atoms. The number of carbonyl (C=O) groups is 19. The number of hydrogen-bond donors (Lipinski definition) is 24. The van der Waals surface area contributed by atoms with Gasteiger partial charge in [-0.2, -0.15) is 48.8 Å². The first-order valence-corrected chi connectivity index (χ1v) is 51.1. The molecule has 0 fully saturated rings. The minimum atomic E-state index is -1.64. The lowest BCUT2D eigenvalue weighted by Crippen LogP contribution is -2.62. The van der Waals surface area contributed by atoms with E-state index in [1.807, 2.05) is 27.7 Å². The molecule has 18 amide bonds. The van der Waals surface area contributed by atoms with Gasteiger partial charge in [0, 0.05) is 24.5 Å². The number of amides is 18. The second-order valence-corrected chi connectivity index (χ2v) is 40.3. The lowest BCUT2D eigenvalue weighted by atomic mass is 9.99. The molecule has 0 saturated heterocycles. The number of aliphatic carboxylic acids is 1. The highest BCUT2D eigenvalue weighted by Gasteiger charge is 2.40. The zero-order valence-corrected chi connectivity index (χ0v) is 86.4. The molecule has 23 N–H and O–H groups in total. The Balaban J connectivity index is 5.63. The van der Waals surface area contributed by atoms with E-state index >= 15 is 0 Å². The van der Waals surface area contributed by atoms with Crippen LogP contribution < -0.4 is 101 Å². The van der Waals surface area contributed by atoms with Crippen LogP contribution in [0, 0.1) is 47.3 Å². The normalized spacial score (nSPS) is 15.3. The number of rotatable bonds is 70. The molecule has 0 aromatic carbocycles. The predicted octanol–water partition coefficient (Wildman–Crippen LogP) is -0.103. The predicted molar refractivity (Wildman–Crippen MR) is 525 cm³/mol. The number of carboxylic acids is 1. The average molecular weight is 1990 g/mol. The number of unbranched alkanes of at least 4 members (excludes halogenated alkanes) is 7. The summed E-state index contributed by atoms with van der Waals surface area (Å²) in [4.78, 5) is 256. The molecule has 774 valence electrons. The molecule has 0 aliphatic rings. The van der Waals surface area contributed by atoms with Gasteiger partial charge < -0.3 is 117 Å². The fourth-order valence-electron chi connectivity index (χ4n) is 13.8. The fourth-order valence-corrected chi connectivity index (χ4v) is 15.1. The van der Waals surface area contributed by atoms with Crippen LogP contribution in [0.4, 0.5) is 0 Å². The first-order chi connectivity index (χ1) is 63.1. The van der Waals surface area contributed by atoms with Crippen LogP contribution in [0.1, 0.15) is 241 Å². The Hall–Kier alpha value is -8.79. The maximum Gasteiger partial charge on any atom is 0.326 e. The highest BCUT2D eigenvalue weighted by Crippen LogP contribution is 2.18. The van der Waals surface area contributed by atoms with Crippen molar-refractivity contribution in [3.8, 4) is 0 Å². The van der Waals surface area contributed by atoms with E-state index < -0.39 is 247 Å². The summed E-state index contributed by atoms with van der Waals surface area (Å²) in [6.07, 6.45) is 7.46. The van der Waals surface area contributed by atoms with Crippen LogP contribution in [-0.2, 0) is 91.1 Å². The Morgan fingerprint density at radius 2 is 0.578 bits per heavy atom. The molecule has 17 atom stereocenters. The number of thiol groups is 2. The summed E-state index contributed by atoms with van der Waals surface area (Å²) in [6, 6.07) is -18.6. The molecule has 0 spiro atoms. The summed E-state index contributed by atoms with van der Waals surface area (Å²) in [5, 5.41) is 78.0. The minimum absolute atomic E-state index is 0.0182. The second kappa shape index (κ2) is 68.3. The lowest BCUT2D eigenvalue weighted by Gasteiger charge is -2.29. The molecule has 0 unspecified atom stereocenters. The quantitative estimate of drug-likeness (QED) is 0.0279. The maximum absolute atomic E-state index is 14.1. The maximum atomic E-state index is 14.1. The van der Waals surface area contributed by atoms with Crippen LogP contribution in [0.5, 0.6) is 0 Å². The van der Waals surface area contributed by atoms with Crippen LogP contribution in [-0.4, -0.2) is 292 Å². The number of nitrogens with one attached hydrogen (secondary N) is 18. The number of carbonyl (C=O) groups excluding carboxylic acids is 18. The third-order valence-electron chi connectivity index (χ3n) is 21.2. The monoisotopic (exact) mass is 1990 g/mol. The molecule has 0 saturated carbocycles. The molecule has 0 aromatic heterocycles. The summed E-state index contributed by atoms with van der Waals surface area (Å²) in [6.45, 7) is 30.7. The van der Waals surface area contributed by atoms with Crippen molar-refractivity contribution in [2.24, 2.45) is 53.1 Å².